The molecular formula is C21H20BrClO6. The van der Waals surface area contributed by atoms with Gasteiger partial charge in [0.1, 0.15) is 12.2 Å². The third kappa shape index (κ3) is 5.98. The molecule has 0 radical (unpaired) electrons. The first-order chi connectivity index (χ1) is 13.9. The summed E-state index contributed by atoms with van der Waals surface area (Å²) < 4.78 is 21.5. The molecule has 0 N–H and O–H groups in total. The summed E-state index contributed by atoms with van der Waals surface area (Å²) in [5.74, 6) is -0.689. The highest BCUT2D eigenvalue weighted by molar-refractivity contribution is 9.10. The minimum absolute atomic E-state index is 0.239. The Hall–Kier alpha value is -2.51. The van der Waals surface area contributed by atoms with Gasteiger partial charge in [-0.25, -0.2) is 9.59 Å². The topological polar surface area (TPSA) is 71.1 Å². The molecule has 0 saturated carbocycles. The van der Waals surface area contributed by atoms with Gasteiger partial charge < -0.3 is 18.9 Å². The Bertz CT molecular complexity index is 907. The van der Waals surface area contributed by atoms with Crippen molar-refractivity contribution in [3.63, 3.8) is 0 Å². The molecular weight excluding hydrogens is 464 g/mol. The first kappa shape index (κ1) is 22.8. The number of ether oxygens (including phenoxy) is 4. The van der Waals surface area contributed by atoms with Crippen LogP contribution in [0.5, 0.6) is 11.5 Å². The Balaban J connectivity index is 2.40. The lowest BCUT2D eigenvalue weighted by Crippen LogP contribution is -2.15. The lowest BCUT2D eigenvalue weighted by molar-refractivity contribution is -0.143. The number of methoxy groups -OCH3 is 2. The van der Waals surface area contributed by atoms with Crippen molar-refractivity contribution in [2.24, 2.45) is 0 Å². The van der Waals surface area contributed by atoms with Crippen LogP contribution in [0, 0.1) is 0 Å². The van der Waals surface area contributed by atoms with E-state index in [1.54, 1.807) is 18.2 Å². The van der Waals surface area contributed by atoms with Crippen molar-refractivity contribution in [3.05, 3.63) is 62.6 Å². The number of rotatable bonds is 8. The number of esters is 2. The maximum absolute atomic E-state index is 11.9. The Morgan fingerprint density at radius 1 is 1.07 bits per heavy atom. The molecule has 0 atom stereocenters. The van der Waals surface area contributed by atoms with Gasteiger partial charge >= 0.3 is 11.9 Å². The van der Waals surface area contributed by atoms with Crippen molar-refractivity contribution in [3.8, 4) is 11.5 Å². The van der Waals surface area contributed by atoms with Crippen molar-refractivity contribution in [2.75, 3.05) is 20.8 Å². The molecule has 0 spiro atoms. The third-order valence-electron chi connectivity index (χ3n) is 3.78. The van der Waals surface area contributed by atoms with E-state index in [1.807, 2.05) is 25.1 Å². The molecule has 0 aliphatic rings. The number of carbonyl (C=O) groups excluding carboxylic acids is 2. The van der Waals surface area contributed by atoms with Gasteiger partial charge in [-0.05, 0) is 52.7 Å². The van der Waals surface area contributed by atoms with E-state index in [0.717, 1.165) is 5.56 Å². The number of hydrogen-bond acceptors (Lipinski definition) is 6. The molecule has 6 nitrogen and oxygen atoms in total. The largest absolute Gasteiger partial charge is 0.490 e. The van der Waals surface area contributed by atoms with E-state index >= 15 is 0 Å². The Labute approximate surface area is 182 Å². The molecule has 0 aromatic heterocycles. The van der Waals surface area contributed by atoms with E-state index in [4.69, 9.17) is 21.1 Å². The van der Waals surface area contributed by atoms with E-state index in [0.29, 0.717) is 33.2 Å². The molecule has 0 fully saturated rings. The zero-order chi connectivity index (χ0) is 21.4. The van der Waals surface area contributed by atoms with Gasteiger partial charge in [0.15, 0.2) is 11.5 Å². The summed E-state index contributed by atoms with van der Waals surface area (Å²) in [7, 11) is 2.37. The van der Waals surface area contributed by atoms with Crippen LogP contribution in [0.1, 0.15) is 18.1 Å². The summed E-state index contributed by atoms with van der Waals surface area (Å²) >= 11 is 9.64. The molecule has 29 heavy (non-hydrogen) atoms. The van der Waals surface area contributed by atoms with Crippen LogP contribution in [-0.2, 0) is 25.7 Å². The van der Waals surface area contributed by atoms with Gasteiger partial charge in [0.2, 0.25) is 0 Å². The predicted molar refractivity (Wildman–Crippen MR) is 113 cm³/mol. The molecule has 0 heterocycles. The molecule has 0 amide bonds. The fourth-order valence-electron chi connectivity index (χ4n) is 2.43. The van der Waals surface area contributed by atoms with E-state index in [1.165, 1.54) is 20.3 Å². The van der Waals surface area contributed by atoms with E-state index in [2.05, 4.69) is 25.4 Å². The molecule has 2 aromatic rings. The van der Waals surface area contributed by atoms with Crippen molar-refractivity contribution in [1.82, 2.24) is 0 Å². The van der Waals surface area contributed by atoms with Crippen LogP contribution in [0.15, 0.2) is 46.4 Å². The highest BCUT2D eigenvalue weighted by atomic mass is 79.9. The summed E-state index contributed by atoms with van der Waals surface area (Å²) in [6.45, 7) is 2.47. The second-order valence-electron chi connectivity index (χ2n) is 5.68. The quantitative estimate of drug-likeness (QED) is 0.232. The Morgan fingerprint density at radius 2 is 1.72 bits per heavy atom. The first-order valence-corrected chi connectivity index (χ1v) is 9.79. The van der Waals surface area contributed by atoms with Gasteiger partial charge in [0.25, 0.3) is 0 Å². The van der Waals surface area contributed by atoms with E-state index < -0.39 is 11.9 Å². The average Bonchev–Trinajstić information content (AvgIpc) is 2.71. The van der Waals surface area contributed by atoms with Gasteiger partial charge in [-0.2, -0.15) is 0 Å². The Morgan fingerprint density at radius 3 is 2.31 bits per heavy atom. The molecule has 0 saturated heterocycles. The van der Waals surface area contributed by atoms with Crippen LogP contribution in [-0.4, -0.2) is 32.8 Å². The minimum atomic E-state index is -0.801. The standard InChI is InChI=1S/C21H20BrClO6/c1-4-28-18-11-13(9-15(20(24)26-2)21(25)27-3)10-16(22)19(18)29-12-14-7-5-6-8-17(14)23/h5-11H,4,12H2,1-3H3. The molecule has 0 aliphatic heterocycles. The fraction of sp³-hybridized carbons (Fsp3) is 0.238. The molecule has 2 aromatic carbocycles. The molecule has 8 heteroatoms. The fourth-order valence-corrected chi connectivity index (χ4v) is 3.19. The maximum atomic E-state index is 11.9. The highest BCUT2D eigenvalue weighted by Gasteiger charge is 2.21. The summed E-state index contributed by atoms with van der Waals surface area (Å²) in [5.41, 5.74) is 1.11. The second kappa shape index (κ2) is 10.9. The van der Waals surface area contributed by atoms with Gasteiger partial charge in [-0.1, -0.05) is 29.8 Å². The molecule has 2 rings (SSSR count). The van der Waals surface area contributed by atoms with Crippen molar-refractivity contribution < 1.29 is 28.5 Å². The monoisotopic (exact) mass is 482 g/mol. The number of hydrogen-bond donors (Lipinski definition) is 0. The predicted octanol–water partition coefficient (Wildman–Crippen LogP) is 4.81. The third-order valence-corrected chi connectivity index (χ3v) is 4.74. The SMILES string of the molecule is CCOc1cc(C=C(C(=O)OC)C(=O)OC)cc(Br)c1OCc1ccccc1Cl. The molecule has 0 unspecified atom stereocenters. The van der Waals surface area contributed by atoms with Crippen LogP contribution in [0.3, 0.4) is 0 Å². The summed E-state index contributed by atoms with van der Waals surface area (Å²) in [6.07, 6.45) is 1.36. The average molecular weight is 484 g/mol. The zero-order valence-corrected chi connectivity index (χ0v) is 18.5. The van der Waals surface area contributed by atoms with Crippen LogP contribution in [0.4, 0.5) is 0 Å². The molecule has 0 aliphatic carbocycles. The highest BCUT2D eigenvalue weighted by Crippen LogP contribution is 2.38. The second-order valence-corrected chi connectivity index (χ2v) is 6.95. The first-order valence-electron chi connectivity index (χ1n) is 8.62. The maximum Gasteiger partial charge on any atom is 0.345 e. The van der Waals surface area contributed by atoms with Gasteiger partial charge in [0, 0.05) is 10.6 Å². The Kier molecular flexibility index (Phi) is 8.54. The van der Waals surface area contributed by atoms with Gasteiger partial charge in [-0.15, -0.1) is 0 Å². The van der Waals surface area contributed by atoms with E-state index in [9.17, 15) is 9.59 Å². The van der Waals surface area contributed by atoms with Crippen molar-refractivity contribution >= 4 is 45.5 Å². The van der Waals surface area contributed by atoms with Crippen LogP contribution in [0.2, 0.25) is 5.02 Å². The molecule has 154 valence electrons. The van der Waals surface area contributed by atoms with Gasteiger partial charge in [-0.3, -0.25) is 0 Å². The number of halogens is 2. The van der Waals surface area contributed by atoms with Crippen LogP contribution < -0.4 is 9.47 Å². The van der Waals surface area contributed by atoms with Crippen LogP contribution >= 0.6 is 27.5 Å². The summed E-state index contributed by atoms with van der Waals surface area (Å²) in [6, 6.07) is 10.7. The molecule has 0 bridgehead atoms. The normalized spacial score (nSPS) is 10.1. The summed E-state index contributed by atoms with van der Waals surface area (Å²) in [5, 5.41) is 0.599. The van der Waals surface area contributed by atoms with Crippen LogP contribution in [0.25, 0.3) is 6.08 Å². The smallest absolute Gasteiger partial charge is 0.345 e. The number of carbonyl (C=O) groups is 2. The summed E-state index contributed by atoms with van der Waals surface area (Å²) in [4.78, 5) is 23.8. The van der Waals surface area contributed by atoms with Gasteiger partial charge in [0.05, 0.1) is 25.3 Å². The minimum Gasteiger partial charge on any atom is -0.490 e. The van der Waals surface area contributed by atoms with E-state index in [-0.39, 0.29) is 12.2 Å². The zero-order valence-electron chi connectivity index (χ0n) is 16.2. The lowest BCUT2D eigenvalue weighted by Gasteiger charge is -2.15. The number of benzene rings is 2. The lowest BCUT2D eigenvalue weighted by atomic mass is 10.1. The van der Waals surface area contributed by atoms with Crippen molar-refractivity contribution in [1.29, 1.82) is 0 Å². The van der Waals surface area contributed by atoms with Crippen molar-refractivity contribution in [2.45, 2.75) is 13.5 Å².